The van der Waals surface area contributed by atoms with Crippen LogP contribution in [-0.4, -0.2) is 77.9 Å². The van der Waals surface area contributed by atoms with E-state index in [2.05, 4.69) is 13.2 Å². The number of aliphatic hydroxyl groups is 1. The van der Waals surface area contributed by atoms with Gasteiger partial charge in [0.15, 0.2) is 0 Å². The molecular weight excluding hydrogens is 488 g/mol. The van der Waals surface area contributed by atoms with E-state index in [1.807, 2.05) is 13.8 Å². The van der Waals surface area contributed by atoms with Crippen molar-refractivity contribution in [2.24, 2.45) is 17.8 Å². The van der Waals surface area contributed by atoms with Gasteiger partial charge in [0.25, 0.3) is 5.91 Å². The van der Waals surface area contributed by atoms with Crippen LogP contribution in [0.1, 0.15) is 33.6 Å². The predicted octanol–water partition coefficient (Wildman–Crippen LogP) is 2.72. The van der Waals surface area contributed by atoms with Crippen molar-refractivity contribution in [2.75, 3.05) is 31.8 Å². The summed E-state index contributed by atoms with van der Waals surface area (Å²) in [6.07, 6.45) is 4.18. The lowest BCUT2D eigenvalue weighted by Crippen LogP contribution is -2.58. The van der Waals surface area contributed by atoms with E-state index in [-0.39, 0.29) is 37.5 Å². The molecule has 0 radical (unpaired) electrons. The third kappa shape index (κ3) is 4.12. The number of esters is 1. The summed E-state index contributed by atoms with van der Waals surface area (Å²) in [6, 6.07) is 5.33. The summed E-state index contributed by atoms with van der Waals surface area (Å²) in [5, 5.41) is 10.1. The Bertz CT molecular complexity index is 1100. The number of likely N-dealkylation sites (tertiary alicyclic amines) is 1. The highest BCUT2D eigenvalue weighted by Gasteiger charge is 2.80. The van der Waals surface area contributed by atoms with Crippen LogP contribution in [0, 0.1) is 17.8 Å². The maximum absolute atomic E-state index is 14.5. The molecule has 3 heterocycles. The van der Waals surface area contributed by atoms with Gasteiger partial charge in [-0.05, 0) is 56.9 Å². The van der Waals surface area contributed by atoms with Gasteiger partial charge < -0.3 is 29.1 Å². The maximum Gasteiger partial charge on any atom is 0.312 e. The molecule has 9 heteroatoms. The number of rotatable bonds is 11. The first-order valence-corrected chi connectivity index (χ1v) is 13.1. The quantitative estimate of drug-likeness (QED) is 0.269. The van der Waals surface area contributed by atoms with Gasteiger partial charge >= 0.3 is 5.97 Å². The fourth-order valence-corrected chi connectivity index (χ4v) is 6.57. The average Bonchev–Trinajstić information content (AvgIpc) is 3.43. The highest BCUT2D eigenvalue weighted by Crippen LogP contribution is 2.65. The first kappa shape index (κ1) is 27.9. The van der Waals surface area contributed by atoms with E-state index in [1.165, 1.54) is 4.90 Å². The van der Waals surface area contributed by atoms with E-state index in [0.717, 1.165) is 0 Å². The Morgan fingerprint density at radius 2 is 1.97 bits per heavy atom. The minimum atomic E-state index is -1.24. The summed E-state index contributed by atoms with van der Waals surface area (Å²) < 4.78 is 17.5. The predicted molar refractivity (Wildman–Crippen MR) is 141 cm³/mol. The molecule has 2 bridgehead atoms. The van der Waals surface area contributed by atoms with Gasteiger partial charge in [0.1, 0.15) is 23.3 Å². The van der Waals surface area contributed by atoms with Gasteiger partial charge in [-0.15, -0.1) is 13.2 Å². The molecule has 1 spiro atoms. The third-order valence-corrected chi connectivity index (χ3v) is 8.51. The highest BCUT2D eigenvalue weighted by atomic mass is 16.6. The van der Waals surface area contributed by atoms with Crippen LogP contribution in [0.4, 0.5) is 5.69 Å². The number of aliphatic hydroxyl groups excluding tert-OH is 1. The zero-order chi connectivity index (χ0) is 27.8. The number of carbonyl (C=O) groups excluding carboxylic acids is 3. The molecule has 3 fully saturated rings. The third-order valence-electron chi connectivity index (χ3n) is 8.51. The van der Waals surface area contributed by atoms with Crippen molar-refractivity contribution >= 4 is 23.5 Å². The molecule has 2 amide bonds. The number of hydrogen-bond donors (Lipinski definition) is 1. The molecule has 1 aromatic rings. The van der Waals surface area contributed by atoms with Crippen LogP contribution in [-0.2, 0) is 23.9 Å². The van der Waals surface area contributed by atoms with E-state index in [4.69, 9.17) is 14.2 Å². The summed E-state index contributed by atoms with van der Waals surface area (Å²) >= 11 is 0. The van der Waals surface area contributed by atoms with Gasteiger partial charge in [-0.2, -0.15) is 0 Å². The molecule has 3 unspecified atom stereocenters. The summed E-state index contributed by atoms with van der Waals surface area (Å²) in [5.74, 6) is -2.49. The van der Waals surface area contributed by atoms with Gasteiger partial charge in [-0.25, -0.2) is 0 Å². The number of hydrogen-bond acceptors (Lipinski definition) is 7. The molecule has 1 N–H and O–H groups in total. The normalized spacial score (nSPS) is 32.0. The number of methoxy groups -OCH3 is 1. The number of carbonyl (C=O) groups is 3. The molecule has 1 aromatic carbocycles. The van der Waals surface area contributed by atoms with Crippen molar-refractivity contribution in [3.8, 4) is 5.75 Å². The molecule has 9 nitrogen and oxygen atoms in total. The topological polar surface area (TPSA) is 106 Å². The Labute approximate surface area is 224 Å². The van der Waals surface area contributed by atoms with Crippen LogP contribution in [0.3, 0.4) is 0 Å². The second-order valence-electron chi connectivity index (χ2n) is 10.7. The minimum absolute atomic E-state index is 0.114. The number of nitrogens with zero attached hydrogens (tertiary/aromatic N) is 2. The lowest BCUT2D eigenvalue weighted by molar-refractivity contribution is -0.162. The van der Waals surface area contributed by atoms with Crippen molar-refractivity contribution in [1.29, 1.82) is 0 Å². The van der Waals surface area contributed by atoms with Crippen LogP contribution in [0.15, 0.2) is 49.6 Å². The Hall–Kier alpha value is -3.17. The van der Waals surface area contributed by atoms with Crippen LogP contribution in [0.2, 0.25) is 0 Å². The van der Waals surface area contributed by atoms with Gasteiger partial charge in [0.2, 0.25) is 5.91 Å². The smallest absolute Gasteiger partial charge is 0.312 e. The zero-order valence-corrected chi connectivity index (χ0v) is 22.6. The Morgan fingerprint density at radius 1 is 1.29 bits per heavy atom. The molecule has 206 valence electrons. The second kappa shape index (κ2) is 10.5. The Kier molecular flexibility index (Phi) is 7.72. The first-order chi connectivity index (χ1) is 18.1. The highest BCUT2D eigenvalue weighted by molar-refractivity contribution is 6.05. The molecule has 4 rings (SSSR count). The fourth-order valence-electron chi connectivity index (χ4n) is 6.57. The van der Waals surface area contributed by atoms with Gasteiger partial charge in [-0.1, -0.05) is 19.1 Å². The van der Waals surface area contributed by atoms with Crippen LogP contribution >= 0.6 is 0 Å². The molecule has 3 saturated heterocycles. The zero-order valence-electron chi connectivity index (χ0n) is 22.6. The van der Waals surface area contributed by atoms with Crippen molar-refractivity contribution in [2.45, 2.75) is 56.9 Å². The summed E-state index contributed by atoms with van der Waals surface area (Å²) in [4.78, 5) is 44.9. The van der Waals surface area contributed by atoms with Crippen LogP contribution < -0.4 is 9.64 Å². The van der Waals surface area contributed by atoms with Crippen LogP contribution in [0.5, 0.6) is 5.75 Å². The molecule has 0 aliphatic carbocycles. The largest absolute Gasteiger partial charge is 0.497 e. The molecular formula is C29H38N2O7. The Balaban J connectivity index is 1.80. The van der Waals surface area contributed by atoms with Crippen molar-refractivity contribution < 1.29 is 33.7 Å². The number of amides is 2. The molecule has 0 aromatic heterocycles. The standard InChI is InChI=1S/C29H38N2O7/c1-7-9-15-37-27(35)23-22-25(33)31(19(4)17-32)24(29(22)16-18(3)28(23,5)38-29)26(34)30(14-8-2)20-10-12-21(36-6)13-11-20/h7-8,10-13,18-19,22-24,32H,1-2,9,14-17H2,3-6H3/t18?,19-,22+,23-,24?,28+,29?/m1/s1. The average molecular weight is 527 g/mol. The molecule has 38 heavy (non-hydrogen) atoms. The molecule has 0 saturated carbocycles. The van der Waals surface area contributed by atoms with Crippen molar-refractivity contribution in [1.82, 2.24) is 4.90 Å². The lowest BCUT2D eigenvalue weighted by Gasteiger charge is -2.38. The van der Waals surface area contributed by atoms with E-state index < -0.39 is 41.1 Å². The lowest BCUT2D eigenvalue weighted by atomic mass is 9.62. The molecule has 3 aliphatic rings. The van der Waals surface area contributed by atoms with E-state index in [0.29, 0.717) is 24.3 Å². The molecule has 3 aliphatic heterocycles. The van der Waals surface area contributed by atoms with Crippen molar-refractivity contribution in [3.05, 3.63) is 49.6 Å². The van der Waals surface area contributed by atoms with Crippen LogP contribution in [0.25, 0.3) is 0 Å². The van der Waals surface area contributed by atoms with E-state index in [1.54, 1.807) is 55.4 Å². The minimum Gasteiger partial charge on any atom is -0.497 e. The Morgan fingerprint density at radius 3 is 2.55 bits per heavy atom. The summed E-state index contributed by atoms with van der Waals surface area (Å²) in [7, 11) is 1.56. The number of ether oxygens (including phenoxy) is 3. The van der Waals surface area contributed by atoms with E-state index in [9.17, 15) is 19.5 Å². The van der Waals surface area contributed by atoms with Gasteiger partial charge in [-0.3, -0.25) is 14.4 Å². The van der Waals surface area contributed by atoms with Gasteiger partial charge in [0.05, 0.1) is 37.9 Å². The monoisotopic (exact) mass is 526 g/mol. The number of benzene rings is 1. The second-order valence-corrected chi connectivity index (χ2v) is 10.7. The van der Waals surface area contributed by atoms with E-state index >= 15 is 0 Å². The SMILES string of the molecule is C=CCCOC(=O)[C@H]1[C@H]2C(=O)N([C@H](C)CO)C(C(=O)N(CC=C)c3ccc(OC)cc3)C23CC(C)[C@]1(C)O3. The summed E-state index contributed by atoms with van der Waals surface area (Å²) in [5.41, 5.74) is -1.60. The summed E-state index contributed by atoms with van der Waals surface area (Å²) in [6.45, 7) is 13.0. The maximum atomic E-state index is 14.5. The van der Waals surface area contributed by atoms with Gasteiger partial charge in [0, 0.05) is 12.2 Å². The fraction of sp³-hybridized carbons (Fsp3) is 0.552. The van der Waals surface area contributed by atoms with Crippen molar-refractivity contribution in [3.63, 3.8) is 0 Å². The first-order valence-electron chi connectivity index (χ1n) is 13.1. The number of fused-ring (bicyclic) bond motifs is 1. The molecule has 7 atom stereocenters. The number of anilines is 1.